The molecule has 0 aliphatic carbocycles. The van der Waals surface area contributed by atoms with Gasteiger partial charge in [0.2, 0.25) is 5.91 Å². The second-order valence-electron chi connectivity index (χ2n) is 8.04. The van der Waals surface area contributed by atoms with Crippen LogP contribution in [0.15, 0.2) is 42.5 Å². The number of likely N-dealkylation sites (tertiary alicyclic amines) is 1. The van der Waals surface area contributed by atoms with Crippen LogP contribution in [-0.2, 0) is 4.79 Å². The van der Waals surface area contributed by atoms with E-state index >= 15 is 0 Å². The van der Waals surface area contributed by atoms with Gasteiger partial charge in [0, 0.05) is 37.2 Å². The van der Waals surface area contributed by atoms with E-state index in [1.165, 1.54) is 7.05 Å². The van der Waals surface area contributed by atoms with Gasteiger partial charge in [-0.05, 0) is 49.7 Å². The minimum Gasteiger partial charge on any atom is -0.364 e. The molecule has 2 heterocycles. The van der Waals surface area contributed by atoms with E-state index in [9.17, 15) is 14.4 Å². The molecule has 3 N–H and O–H groups in total. The fourth-order valence-electron chi connectivity index (χ4n) is 3.85. The van der Waals surface area contributed by atoms with E-state index in [1.54, 1.807) is 34.8 Å². The van der Waals surface area contributed by atoms with E-state index < -0.39 is 11.3 Å². The average molecular weight is 429 g/mol. The molecule has 4 rings (SSSR count). The number of carbonyl (C=O) groups excluding carboxylic acids is 3. The van der Waals surface area contributed by atoms with Gasteiger partial charge in [-0.3, -0.25) is 14.4 Å². The van der Waals surface area contributed by atoms with Crippen molar-refractivity contribution in [1.29, 1.82) is 0 Å². The van der Waals surface area contributed by atoms with Crippen LogP contribution in [0, 0.1) is 17.3 Å². The summed E-state index contributed by atoms with van der Waals surface area (Å²) >= 11 is 0. The fourth-order valence-corrected chi connectivity index (χ4v) is 3.85. The quantitative estimate of drug-likeness (QED) is 0.618. The van der Waals surface area contributed by atoms with Gasteiger partial charge in [-0.2, -0.15) is 5.10 Å². The lowest BCUT2D eigenvalue weighted by Crippen LogP contribution is -2.28. The Labute approximate surface area is 185 Å². The van der Waals surface area contributed by atoms with Crippen LogP contribution in [0.25, 0.3) is 16.6 Å². The maximum atomic E-state index is 12.4. The number of nitrogens with two attached hydrogens (primary N) is 1. The Kier molecular flexibility index (Phi) is 5.18. The van der Waals surface area contributed by atoms with Crippen molar-refractivity contribution in [2.75, 3.05) is 20.6 Å². The standard InChI is InChI=1S/C24H23N5O3/c1-24(11-12-28(3)23(24)32)10-9-15-5-4-6-17(13-15)29-19-8-7-16(22(31)26-2)14-18(19)20(27-29)21(25)30/h4-8,13-14H,11-12H2,1-3H3,(H2,25,30)(H,26,31)/t24-/m1/s1. The molecule has 32 heavy (non-hydrogen) atoms. The highest BCUT2D eigenvalue weighted by atomic mass is 16.2. The number of aromatic nitrogens is 2. The lowest BCUT2D eigenvalue weighted by molar-refractivity contribution is -0.131. The predicted octanol–water partition coefficient (Wildman–Crippen LogP) is 1.70. The van der Waals surface area contributed by atoms with Gasteiger partial charge in [0.1, 0.15) is 5.41 Å². The van der Waals surface area contributed by atoms with Crippen LogP contribution in [0.5, 0.6) is 0 Å². The van der Waals surface area contributed by atoms with Crippen molar-refractivity contribution >= 4 is 28.6 Å². The molecular weight excluding hydrogens is 406 g/mol. The molecule has 0 bridgehead atoms. The van der Waals surface area contributed by atoms with E-state index in [4.69, 9.17) is 5.73 Å². The molecule has 0 unspecified atom stereocenters. The summed E-state index contributed by atoms with van der Waals surface area (Å²) in [6.07, 6.45) is 0.689. The maximum Gasteiger partial charge on any atom is 0.269 e. The molecule has 0 spiro atoms. The molecule has 1 fully saturated rings. The lowest BCUT2D eigenvalue weighted by Gasteiger charge is -2.14. The Balaban J connectivity index is 1.78. The minimum absolute atomic E-state index is 0.0252. The summed E-state index contributed by atoms with van der Waals surface area (Å²) in [5.74, 6) is 5.32. The number of fused-ring (bicyclic) bond motifs is 1. The van der Waals surface area contributed by atoms with E-state index in [0.29, 0.717) is 35.1 Å². The van der Waals surface area contributed by atoms with Gasteiger partial charge >= 0.3 is 0 Å². The van der Waals surface area contributed by atoms with Gasteiger partial charge in [0.05, 0.1) is 11.2 Å². The molecule has 2 aromatic carbocycles. The molecule has 0 saturated carbocycles. The molecule has 3 aromatic rings. The van der Waals surface area contributed by atoms with Gasteiger partial charge < -0.3 is 16.0 Å². The van der Waals surface area contributed by atoms with Crippen molar-refractivity contribution in [3.8, 4) is 17.5 Å². The Morgan fingerprint density at radius 1 is 1.22 bits per heavy atom. The number of benzene rings is 2. The van der Waals surface area contributed by atoms with Crippen molar-refractivity contribution < 1.29 is 14.4 Å². The molecule has 1 atom stereocenters. The normalized spacial score (nSPS) is 17.8. The Morgan fingerprint density at radius 2 is 2.00 bits per heavy atom. The molecular formula is C24H23N5O3. The highest BCUT2D eigenvalue weighted by Crippen LogP contribution is 2.30. The fraction of sp³-hybridized carbons (Fsp3) is 0.250. The highest BCUT2D eigenvalue weighted by molar-refractivity contribution is 6.07. The van der Waals surface area contributed by atoms with Crippen LogP contribution in [0.1, 0.15) is 39.8 Å². The molecule has 0 radical (unpaired) electrons. The van der Waals surface area contributed by atoms with Gasteiger partial charge in [-0.1, -0.05) is 17.9 Å². The predicted molar refractivity (Wildman–Crippen MR) is 120 cm³/mol. The first-order valence-corrected chi connectivity index (χ1v) is 10.2. The first-order valence-electron chi connectivity index (χ1n) is 10.2. The molecule has 1 saturated heterocycles. The highest BCUT2D eigenvalue weighted by Gasteiger charge is 2.39. The minimum atomic E-state index is -0.696. The van der Waals surface area contributed by atoms with Crippen molar-refractivity contribution in [1.82, 2.24) is 20.0 Å². The second-order valence-corrected chi connectivity index (χ2v) is 8.04. The smallest absolute Gasteiger partial charge is 0.269 e. The number of rotatable bonds is 3. The molecule has 3 amide bonds. The first-order chi connectivity index (χ1) is 15.2. The number of nitrogens with zero attached hydrogens (tertiary/aromatic N) is 3. The second kappa shape index (κ2) is 7.85. The Bertz CT molecular complexity index is 1330. The molecule has 1 aromatic heterocycles. The zero-order valence-corrected chi connectivity index (χ0v) is 18.1. The summed E-state index contributed by atoms with van der Waals surface area (Å²) < 4.78 is 1.60. The SMILES string of the molecule is CNC(=O)c1ccc2c(c1)c(C(N)=O)nn2-c1cccc(C#C[C@]2(C)CCN(C)C2=O)c1. The van der Waals surface area contributed by atoms with Crippen LogP contribution in [0.4, 0.5) is 0 Å². The summed E-state index contributed by atoms with van der Waals surface area (Å²) in [7, 11) is 3.32. The molecule has 1 aliphatic rings. The third-order valence-corrected chi connectivity index (χ3v) is 5.74. The number of hydrogen-bond acceptors (Lipinski definition) is 4. The Morgan fingerprint density at radius 3 is 2.66 bits per heavy atom. The first kappa shape index (κ1) is 21.1. The van der Waals surface area contributed by atoms with Crippen LogP contribution in [0.3, 0.4) is 0 Å². The summed E-state index contributed by atoms with van der Waals surface area (Å²) in [5.41, 5.74) is 7.37. The topological polar surface area (TPSA) is 110 Å². The van der Waals surface area contributed by atoms with Crippen molar-refractivity contribution in [2.45, 2.75) is 13.3 Å². The van der Waals surface area contributed by atoms with Crippen LogP contribution < -0.4 is 11.1 Å². The third-order valence-electron chi connectivity index (χ3n) is 5.74. The van der Waals surface area contributed by atoms with Crippen molar-refractivity contribution in [3.63, 3.8) is 0 Å². The van der Waals surface area contributed by atoms with Crippen LogP contribution in [0.2, 0.25) is 0 Å². The van der Waals surface area contributed by atoms with Crippen LogP contribution in [-0.4, -0.2) is 53.0 Å². The van der Waals surface area contributed by atoms with Crippen molar-refractivity contribution in [2.24, 2.45) is 11.1 Å². The van der Waals surface area contributed by atoms with Crippen molar-refractivity contribution in [3.05, 3.63) is 59.3 Å². The summed E-state index contributed by atoms with van der Waals surface area (Å²) in [5, 5.41) is 7.45. The van der Waals surface area contributed by atoms with E-state index in [-0.39, 0.29) is 17.5 Å². The molecule has 162 valence electrons. The van der Waals surface area contributed by atoms with Gasteiger partial charge in [0.25, 0.3) is 11.8 Å². The van der Waals surface area contributed by atoms with Gasteiger partial charge in [-0.25, -0.2) is 4.68 Å². The molecule has 8 heteroatoms. The van der Waals surface area contributed by atoms with E-state index in [0.717, 1.165) is 5.56 Å². The number of amides is 3. The average Bonchev–Trinajstić information content (AvgIpc) is 3.30. The van der Waals surface area contributed by atoms with E-state index in [1.807, 2.05) is 31.2 Å². The largest absolute Gasteiger partial charge is 0.364 e. The van der Waals surface area contributed by atoms with Gasteiger partial charge in [0.15, 0.2) is 5.69 Å². The number of carbonyl (C=O) groups is 3. The zero-order valence-electron chi connectivity index (χ0n) is 18.1. The maximum absolute atomic E-state index is 12.4. The number of hydrogen-bond donors (Lipinski definition) is 2. The van der Waals surface area contributed by atoms with Gasteiger partial charge in [-0.15, -0.1) is 0 Å². The lowest BCUT2D eigenvalue weighted by atomic mass is 9.89. The van der Waals surface area contributed by atoms with E-state index in [2.05, 4.69) is 22.3 Å². The summed E-state index contributed by atoms with van der Waals surface area (Å²) in [4.78, 5) is 38.1. The zero-order chi connectivity index (χ0) is 23.0. The Hall–Kier alpha value is -4.12. The summed E-state index contributed by atoms with van der Waals surface area (Å²) in [6, 6.07) is 12.4. The van der Waals surface area contributed by atoms with Crippen LogP contribution >= 0.6 is 0 Å². The third kappa shape index (κ3) is 3.58. The number of nitrogens with one attached hydrogen (secondary N) is 1. The molecule has 8 nitrogen and oxygen atoms in total. The molecule has 1 aliphatic heterocycles. The summed E-state index contributed by atoms with van der Waals surface area (Å²) in [6.45, 7) is 2.55. The number of primary amides is 1. The monoisotopic (exact) mass is 429 g/mol.